The molecule has 0 spiro atoms. The van der Waals surface area contributed by atoms with Gasteiger partial charge in [-0.25, -0.2) is 9.37 Å². The van der Waals surface area contributed by atoms with Crippen molar-refractivity contribution in [2.75, 3.05) is 5.32 Å². The first kappa shape index (κ1) is 11.6. The van der Waals surface area contributed by atoms with Crippen LogP contribution in [0.1, 0.15) is 5.69 Å². The second kappa shape index (κ2) is 4.93. The number of rotatable bonds is 2. The number of nitrogens with one attached hydrogen (secondary N) is 1. The van der Waals surface area contributed by atoms with Crippen LogP contribution in [0.25, 0.3) is 0 Å². The van der Waals surface area contributed by atoms with Crippen LogP contribution in [-0.4, -0.2) is 4.98 Å². The van der Waals surface area contributed by atoms with Crippen molar-refractivity contribution in [1.82, 2.24) is 4.98 Å². The fraction of sp³-hybridized carbons (Fsp3) is 0. The molecule has 1 aromatic heterocycles. The van der Waals surface area contributed by atoms with E-state index in [9.17, 15) is 4.39 Å². The van der Waals surface area contributed by atoms with Crippen molar-refractivity contribution in [2.45, 2.75) is 0 Å². The Morgan fingerprint density at radius 3 is 2.71 bits per heavy atom. The minimum absolute atomic E-state index is 0.326. The van der Waals surface area contributed by atoms with E-state index in [1.54, 1.807) is 24.3 Å². The maximum Gasteiger partial charge on any atom is 0.147 e. The van der Waals surface area contributed by atoms with E-state index in [1.807, 2.05) is 6.07 Å². The Morgan fingerprint density at radius 1 is 1.29 bits per heavy atom. The summed E-state index contributed by atoms with van der Waals surface area (Å²) in [5.74, 6) is -0.358. The van der Waals surface area contributed by atoms with Crippen LogP contribution in [0.3, 0.4) is 0 Å². The summed E-state index contributed by atoms with van der Waals surface area (Å²) >= 11 is 3.18. The van der Waals surface area contributed by atoms with E-state index in [0.717, 1.165) is 0 Å². The second-order valence-corrected chi connectivity index (χ2v) is 4.21. The molecule has 2 rings (SSSR count). The van der Waals surface area contributed by atoms with Gasteiger partial charge in [0.15, 0.2) is 0 Å². The number of aromatic nitrogens is 1. The summed E-state index contributed by atoms with van der Waals surface area (Å²) in [5.41, 5.74) is 1.32. The summed E-state index contributed by atoms with van der Waals surface area (Å²) < 4.78 is 14.2. The largest absolute Gasteiger partial charge is 0.352 e. The lowest BCUT2D eigenvalue weighted by Crippen LogP contribution is -1.94. The second-order valence-electron chi connectivity index (χ2n) is 3.29. The lowest BCUT2D eigenvalue weighted by molar-refractivity contribution is 0.631. The molecular weight excluding hydrogens is 285 g/mol. The van der Waals surface area contributed by atoms with Crippen LogP contribution in [0.4, 0.5) is 15.8 Å². The van der Waals surface area contributed by atoms with E-state index in [4.69, 9.17) is 5.26 Å². The van der Waals surface area contributed by atoms with Gasteiger partial charge in [0.05, 0.1) is 17.6 Å². The zero-order valence-electron chi connectivity index (χ0n) is 8.61. The molecule has 0 fully saturated rings. The highest BCUT2D eigenvalue weighted by Crippen LogP contribution is 2.22. The van der Waals surface area contributed by atoms with E-state index in [-0.39, 0.29) is 5.82 Å². The Bertz CT molecular complexity index is 575. The van der Waals surface area contributed by atoms with Crippen molar-refractivity contribution in [1.29, 1.82) is 5.26 Å². The van der Waals surface area contributed by atoms with Crippen molar-refractivity contribution >= 4 is 27.3 Å². The van der Waals surface area contributed by atoms with Crippen LogP contribution in [0.5, 0.6) is 0 Å². The summed E-state index contributed by atoms with van der Waals surface area (Å²) in [6, 6.07) is 9.90. The smallest absolute Gasteiger partial charge is 0.147 e. The van der Waals surface area contributed by atoms with E-state index in [0.29, 0.717) is 21.5 Å². The topological polar surface area (TPSA) is 48.7 Å². The fourth-order valence-electron chi connectivity index (χ4n) is 1.28. The molecule has 17 heavy (non-hydrogen) atoms. The summed E-state index contributed by atoms with van der Waals surface area (Å²) in [6.45, 7) is 0. The van der Waals surface area contributed by atoms with Gasteiger partial charge in [0.25, 0.3) is 0 Å². The van der Waals surface area contributed by atoms with Crippen molar-refractivity contribution in [3.05, 3.63) is 52.5 Å². The van der Waals surface area contributed by atoms with Gasteiger partial charge in [-0.2, -0.15) is 5.26 Å². The maximum absolute atomic E-state index is 13.5. The number of anilines is 2. The van der Waals surface area contributed by atoms with Crippen molar-refractivity contribution in [2.24, 2.45) is 0 Å². The average Bonchev–Trinajstić information content (AvgIpc) is 2.34. The Kier molecular flexibility index (Phi) is 3.35. The quantitative estimate of drug-likeness (QED) is 0.920. The van der Waals surface area contributed by atoms with E-state index in [2.05, 4.69) is 26.2 Å². The highest BCUT2D eigenvalue weighted by atomic mass is 79.9. The normalized spacial score (nSPS) is 9.71. The van der Waals surface area contributed by atoms with Crippen LogP contribution in [0.2, 0.25) is 0 Å². The molecule has 2 aromatic rings. The molecule has 0 saturated carbocycles. The molecule has 0 aliphatic carbocycles. The Labute approximate surface area is 106 Å². The Hall–Kier alpha value is -1.93. The predicted molar refractivity (Wildman–Crippen MR) is 66.3 cm³/mol. The maximum atomic E-state index is 13.5. The van der Waals surface area contributed by atoms with Crippen LogP contribution in [-0.2, 0) is 0 Å². The molecule has 0 radical (unpaired) electrons. The third-order valence-electron chi connectivity index (χ3n) is 2.09. The van der Waals surface area contributed by atoms with Gasteiger partial charge in [0.1, 0.15) is 17.6 Å². The van der Waals surface area contributed by atoms with Gasteiger partial charge in [-0.15, -0.1) is 0 Å². The van der Waals surface area contributed by atoms with Crippen molar-refractivity contribution in [3.8, 4) is 6.07 Å². The fourth-order valence-corrected chi connectivity index (χ4v) is 1.61. The van der Waals surface area contributed by atoms with Gasteiger partial charge in [0, 0.05) is 4.47 Å². The summed E-state index contributed by atoms with van der Waals surface area (Å²) in [5, 5.41) is 11.5. The highest BCUT2D eigenvalue weighted by molar-refractivity contribution is 9.10. The first-order chi connectivity index (χ1) is 8.19. The summed E-state index contributed by atoms with van der Waals surface area (Å²) in [4.78, 5) is 3.89. The Balaban J connectivity index is 2.23. The first-order valence-electron chi connectivity index (χ1n) is 4.77. The zero-order chi connectivity index (χ0) is 12.3. The first-order valence-corrected chi connectivity index (χ1v) is 5.56. The highest BCUT2D eigenvalue weighted by Gasteiger charge is 2.03. The minimum Gasteiger partial charge on any atom is -0.352 e. The average molecular weight is 292 g/mol. The van der Waals surface area contributed by atoms with E-state index < -0.39 is 0 Å². The van der Waals surface area contributed by atoms with Crippen molar-refractivity contribution < 1.29 is 4.39 Å². The molecule has 0 unspecified atom stereocenters. The molecule has 1 heterocycles. The van der Waals surface area contributed by atoms with Crippen LogP contribution in [0, 0.1) is 17.1 Å². The van der Waals surface area contributed by atoms with Crippen LogP contribution >= 0.6 is 15.9 Å². The number of halogens is 2. The van der Waals surface area contributed by atoms with Gasteiger partial charge >= 0.3 is 0 Å². The molecule has 0 aliphatic rings. The molecule has 0 saturated heterocycles. The monoisotopic (exact) mass is 291 g/mol. The number of pyridine rings is 1. The molecule has 84 valence electrons. The predicted octanol–water partition coefficient (Wildman–Crippen LogP) is 3.60. The Morgan fingerprint density at radius 2 is 2.12 bits per heavy atom. The summed E-state index contributed by atoms with van der Waals surface area (Å²) in [7, 11) is 0. The van der Waals surface area contributed by atoms with Gasteiger partial charge in [-0.1, -0.05) is 15.9 Å². The van der Waals surface area contributed by atoms with Crippen LogP contribution in [0.15, 0.2) is 41.0 Å². The SMILES string of the molecule is N#Cc1ccc(Nc2ccc(Br)cc2F)cn1. The molecule has 0 bridgehead atoms. The minimum atomic E-state index is -0.358. The molecule has 0 aliphatic heterocycles. The van der Waals surface area contributed by atoms with Crippen molar-refractivity contribution in [3.63, 3.8) is 0 Å². The molecule has 1 aromatic carbocycles. The third kappa shape index (κ3) is 2.80. The van der Waals surface area contributed by atoms with Gasteiger partial charge in [-0.05, 0) is 30.3 Å². The number of hydrogen-bond acceptors (Lipinski definition) is 3. The third-order valence-corrected chi connectivity index (χ3v) is 2.58. The van der Waals surface area contributed by atoms with E-state index >= 15 is 0 Å². The molecular formula is C12H7BrFN3. The molecule has 0 amide bonds. The molecule has 5 heteroatoms. The number of benzene rings is 1. The van der Waals surface area contributed by atoms with Gasteiger partial charge in [-0.3, -0.25) is 0 Å². The number of nitriles is 1. The standard InChI is InChI=1S/C12H7BrFN3/c13-8-1-4-12(11(14)5-8)17-10-3-2-9(6-15)16-7-10/h1-5,7,17H. The molecule has 3 nitrogen and oxygen atoms in total. The zero-order valence-corrected chi connectivity index (χ0v) is 10.2. The lowest BCUT2D eigenvalue weighted by atomic mass is 10.3. The number of nitrogens with zero attached hydrogens (tertiary/aromatic N) is 2. The van der Waals surface area contributed by atoms with E-state index in [1.165, 1.54) is 12.3 Å². The number of hydrogen-bond donors (Lipinski definition) is 1. The summed E-state index contributed by atoms with van der Waals surface area (Å²) in [6.07, 6.45) is 1.49. The van der Waals surface area contributed by atoms with Crippen LogP contribution < -0.4 is 5.32 Å². The molecule has 0 atom stereocenters. The lowest BCUT2D eigenvalue weighted by Gasteiger charge is -2.07. The molecule has 1 N–H and O–H groups in total. The van der Waals surface area contributed by atoms with Gasteiger partial charge < -0.3 is 5.32 Å². The van der Waals surface area contributed by atoms with Gasteiger partial charge in [0.2, 0.25) is 0 Å².